The first-order valence-electron chi connectivity index (χ1n) is 7.72. The van der Waals surface area contributed by atoms with Gasteiger partial charge in [0.25, 0.3) is 0 Å². The molecule has 0 saturated heterocycles. The Morgan fingerprint density at radius 3 is 2.14 bits per heavy atom. The van der Waals surface area contributed by atoms with Crippen molar-refractivity contribution >= 4 is 20.6 Å². The third-order valence-electron chi connectivity index (χ3n) is 3.28. The van der Waals surface area contributed by atoms with Crippen LogP contribution >= 0.6 is 0 Å². The number of allylic oxidation sites excluding steroid dienone is 4. The highest BCUT2D eigenvalue weighted by Gasteiger charge is 2.22. The van der Waals surface area contributed by atoms with Crippen molar-refractivity contribution in [3.8, 4) is 0 Å². The van der Waals surface area contributed by atoms with E-state index in [9.17, 15) is 12.6 Å². The maximum Gasteiger partial charge on any atom is 0.162 e. The zero-order valence-electron chi connectivity index (χ0n) is 13.6. The molecule has 0 aromatic heterocycles. The van der Waals surface area contributed by atoms with Crippen molar-refractivity contribution in [1.82, 2.24) is 0 Å². The van der Waals surface area contributed by atoms with Crippen molar-refractivity contribution in [3.05, 3.63) is 24.3 Å². The predicted molar refractivity (Wildman–Crippen MR) is 93.6 cm³/mol. The van der Waals surface area contributed by atoms with E-state index >= 15 is 0 Å². The maximum atomic E-state index is 11.4. The first-order chi connectivity index (χ1) is 9.89. The minimum absolute atomic E-state index is 0.309. The van der Waals surface area contributed by atoms with Crippen LogP contribution in [0.25, 0.3) is 0 Å². The first kappa shape index (κ1) is 20.6. The number of unbranched alkanes of at least 4 members (excludes halogenated alkanes) is 6. The second kappa shape index (κ2) is 12.2. The van der Waals surface area contributed by atoms with Crippen LogP contribution in [0.5, 0.6) is 0 Å². The van der Waals surface area contributed by atoms with Crippen LogP contribution in [0.1, 0.15) is 58.3 Å². The summed E-state index contributed by atoms with van der Waals surface area (Å²) in [5.74, 6) is 0. The summed E-state index contributed by atoms with van der Waals surface area (Å²) in [4.78, 5) is 0. The molecule has 0 spiro atoms. The summed E-state index contributed by atoms with van der Waals surface area (Å²) in [5.41, 5.74) is 0. The van der Waals surface area contributed by atoms with Gasteiger partial charge in [-0.25, -0.2) is 8.42 Å². The monoisotopic (exact) mass is 334 g/mol. The van der Waals surface area contributed by atoms with Crippen LogP contribution in [0.3, 0.4) is 0 Å². The fourth-order valence-electron chi connectivity index (χ4n) is 2.04. The van der Waals surface area contributed by atoms with Crippen molar-refractivity contribution in [2.24, 2.45) is 0 Å². The molecule has 0 aromatic rings. The van der Waals surface area contributed by atoms with Gasteiger partial charge in [-0.05, 0) is 19.3 Å². The largest absolute Gasteiger partial charge is 0.259 e. The SMILES string of the molecule is CCCCCCCCC=CC=CCC(S(C)=O)S(C)(=O)=O. The van der Waals surface area contributed by atoms with Gasteiger partial charge in [-0.2, -0.15) is 0 Å². The van der Waals surface area contributed by atoms with E-state index < -0.39 is 25.2 Å². The molecule has 5 heteroatoms. The van der Waals surface area contributed by atoms with Gasteiger partial charge in [-0.3, -0.25) is 4.21 Å². The third-order valence-corrected chi connectivity index (χ3v) is 7.23. The summed E-state index contributed by atoms with van der Waals surface area (Å²) in [7, 11) is -4.60. The molecule has 0 amide bonds. The topological polar surface area (TPSA) is 51.2 Å². The second-order valence-electron chi connectivity index (χ2n) is 5.41. The molecular formula is C16H30O3S2. The van der Waals surface area contributed by atoms with Gasteiger partial charge in [0.05, 0.1) is 0 Å². The zero-order valence-corrected chi connectivity index (χ0v) is 15.2. The van der Waals surface area contributed by atoms with Crippen LogP contribution in [0.4, 0.5) is 0 Å². The fraction of sp³-hybridized carbons (Fsp3) is 0.750. The molecule has 0 fully saturated rings. The van der Waals surface area contributed by atoms with Gasteiger partial charge in [0, 0.05) is 23.3 Å². The molecule has 21 heavy (non-hydrogen) atoms. The fourth-order valence-corrected chi connectivity index (χ4v) is 4.85. The highest BCUT2D eigenvalue weighted by Crippen LogP contribution is 2.10. The van der Waals surface area contributed by atoms with E-state index in [1.54, 1.807) is 6.08 Å². The zero-order chi connectivity index (χ0) is 16.1. The Bertz CT molecular complexity index is 436. The Hall–Kier alpha value is -0.420. The van der Waals surface area contributed by atoms with E-state index in [0.29, 0.717) is 6.42 Å². The highest BCUT2D eigenvalue weighted by molar-refractivity contribution is 8.05. The van der Waals surface area contributed by atoms with Crippen LogP contribution in [0.2, 0.25) is 0 Å². The molecular weight excluding hydrogens is 304 g/mol. The van der Waals surface area contributed by atoms with Gasteiger partial charge in [0.1, 0.15) is 4.58 Å². The molecule has 0 bridgehead atoms. The maximum absolute atomic E-state index is 11.4. The molecule has 0 aliphatic rings. The molecule has 0 radical (unpaired) electrons. The number of rotatable bonds is 12. The number of sulfone groups is 1. The van der Waals surface area contributed by atoms with Gasteiger partial charge < -0.3 is 0 Å². The van der Waals surface area contributed by atoms with Crippen molar-refractivity contribution in [2.75, 3.05) is 12.5 Å². The molecule has 124 valence electrons. The lowest BCUT2D eigenvalue weighted by Crippen LogP contribution is -2.23. The van der Waals surface area contributed by atoms with Crippen LogP contribution in [0.15, 0.2) is 24.3 Å². The summed E-state index contributed by atoms with van der Waals surface area (Å²) < 4.78 is 33.5. The van der Waals surface area contributed by atoms with E-state index in [-0.39, 0.29) is 0 Å². The lowest BCUT2D eigenvalue weighted by Gasteiger charge is -2.08. The minimum atomic E-state index is -3.25. The average Bonchev–Trinajstić information content (AvgIpc) is 2.38. The van der Waals surface area contributed by atoms with E-state index in [1.807, 2.05) is 12.2 Å². The Morgan fingerprint density at radius 1 is 1.00 bits per heavy atom. The van der Waals surface area contributed by atoms with Crippen molar-refractivity contribution in [1.29, 1.82) is 0 Å². The summed E-state index contributed by atoms with van der Waals surface area (Å²) in [6.45, 7) is 2.22. The molecule has 2 unspecified atom stereocenters. The van der Waals surface area contributed by atoms with E-state index in [4.69, 9.17) is 0 Å². The van der Waals surface area contributed by atoms with Gasteiger partial charge in [0.2, 0.25) is 0 Å². The Balaban J connectivity index is 3.85. The molecule has 0 aromatic carbocycles. The lowest BCUT2D eigenvalue weighted by molar-refractivity contribution is 0.597. The Morgan fingerprint density at radius 2 is 1.57 bits per heavy atom. The van der Waals surface area contributed by atoms with E-state index in [2.05, 4.69) is 13.0 Å². The smallest absolute Gasteiger partial charge is 0.162 e. The van der Waals surface area contributed by atoms with Crippen LogP contribution in [0, 0.1) is 0 Å². The van der Waals surface area contributed by atoms with Crippen molar-refractivity contribution in [2.45, 2.75) is 62.9 Å². The van der Waals surface area contributed by atoms with Gasteiger partial charge in [0.15, 0.2) is 9.84 Å². The lowest BCUT2D eigenvalue weighted by atomic mass is 10.1. The second-order valence-corrected chi connectivity index (χ2v) is 9.50. The van der Waals surface area contributed by atoms with Crippen LogP contribution in [-0.4, -0.2) is 29.7 Å². The molecule has 0 saturated carbocycles. The van der Waals surface area contributed by atoms with E-state index in [1.165, 1.54) is 44.8 Å². The molecule has 3 nitrogen and oxygen atoms in total. The molecule has 0 heterocycles. The van der Waals surface area contributed by atoms with Crippen molar-refractivity contribution in [3.63, 3.8) is 0 Å². The summed E-state index contributed by atoms with van der Waals surface area (Å²) in [6.07, 6.45) is 19.4. The summed E-state index contributed by atoms with van der Waals surface area (Å²) in [6, 6.07) is 0. The summed E-state index contributed by atoms with van der Waals surface area (Å²) >= 11 is 0. The van der Waals surface area contributed by atoms with Crippen molar-refractivity contribution < 1.29 is 12.6 Å². The third kappa shape index (κ3) is 11.9. The Kier molecular flexibility index (Phi) is 11.9. The molecule has 0 aliphatic carbocycles. The highest BCUT2D eigenvalue weighted by atomic mass is 32.3. The van der Waals surface area contributed by atoms with Crippen LogP contribution in [-0.2, 0) is 20.6 Å². The number of hydrogen-bond donors (Lipinski definition) is 0. The molecule has 2 atom stereocenters. The Labute approximate surface area is 133 Å². The molecule has 0 N–H and O–H groups in total. The van der Waals surface area contributed by atoms with Gasteiger partial charge in [-0.1, -0.05) is 63.3 Å². The molecule has 0 aliphatic heterocycles. The van der Waals surface area contributed by atoms with Crippen LogP contribution < -0.4 is 0 Å². The normalized spacial score (nSPS) is 15.8. The quantitative estimate of drug-likeness (QED) is 0.400. The number of hydrogen-bond acceptors (Lipinski definition) is 3. The van der Waals surface area contributed by atoms with E-state index in [0.717, 1.165) is 12.7 Å². The summed E-state index contributed by atoms with van der Waals surface area (Å²) in [5, 5.41) is 0. The standard InChI is InChI=1S/C16H30O3S2/c1-4-5-6-7-8-9-10-11-12-13-14-15-16(20(2)17)21(3,18)19/h11-14,16H,4-10,15H2,1-3H3. The minimum Gasteiger partial charge on any atom is -0.259 e. The van der Waals surface area contributed by atoms with Gasteiger partial charge in [-0.15, -0.1) is 0 Å². The van der Waals surface area contributed by atoms with Gasteiger partial charge >= 0.3 is 0 Å². The molecule has 0 rings (SSSR count). The average molecular weight is 335 g/mol. The predicted octanol–water partition coefficient (Wildman–Crippen LogP) is 3.99. The first-order valence-corrected chi connectivity index (χ1v) is 11.3.